The summed E-state index contributed by atoms with van der Waals surface area (Å²) < 4.78 is 101. The molecule has 88 heavy (non-hydrogen) atoms. The van der Waals surface area contributed by atoms with E-state index in [1.165, 1.54) is 24.3 Å². The Balaban J connectivity index is 1.04. The maximum absolute atomic E-state index is 14.6. The van der Waals surface area contributed by atoms with Crippen LogP contribution in [0, 0.1) is 0 Å². The summed E-state index contributed by atoms with van der Waals surface area (Å²) in [4.78, 5) is 6.36. The standard InChI is InChI=1S/C77H45F6N3O2/c78-76(79,80)46-36-40-49(41-37-46)85(65-32-16-26-57-53-22-8-14-34-69(53)87-73(57)65)67-44-61-71(55-24-6-4-20-51(55)67)72-56-25-7-5-21-52(56)68(45-62(72)75(61)59-28-10-12-30-63(59)84(48-18-2-1-3-19-48)64-31-13-11-29-60(64)75)86(50-42-38-47(39-43-50)77(81,82)83)66-33-17-27-58-54-23-9-15-35-70(54)88-74(58)66/h1-45H. The second-order valence-corrected chi connectivity index (χ2v) is 22.4. The Kier molecular flexibility index (Phi) is 11.1. The van der Waals surface area contributed by atoms with Crippen LogP contribution in [0.5, 0.6) is 0 Å². The summed E-state index contributed by atoms with van der Waals surface area (Å²) in [6, 6.07) is 86.1. The second kappa shape index (κ2) is 19.0. The number of alkyl halides is 6. The largest absolute Gasteiger partial charge is 0.454 e. The molecule has 0 atom stereocenters. The van der Waals surface area contributed by atoms with Gasteiger partial charge in [-0.15, -0.1) is 0 Å². The third-order valence-electron chi connectivity index (χ3n) is 17.9. The van der Waals surface area contributed by atoms with Gasteiger partial charge in [0, 0.05) is 49.4 Å². The molecule has 3 heterocycles. The molecule has 2 aliphatic rings. The molecule has 1 spiro atoms. The Morgan fingerprint density at radius 3 is 1.10 bits per heavy atom. The van der Waals surface area contributed by atoms with Gasteiger partial charge in [-0.05, 0) is 153 Å². The Labute approximate surface area is 499 Å². The highest BCUT2D eigenvalue weighted by Gasteiger charge is 2.54. The topological polar surface area (TPSA) is 36.0 Å². The third kappa shape index (κ3) is 7.43. The van der Waals surface area contributed by atoms with E-state index in [1.807, 2.05) is 149 Å². The van der Waals surface area contributed by atoms with E-state index in [0.717, 1.165) is 118 Å². The van der Waals surface area contributed by atoms with Gasteiger partial charge in [0.1, 0.15) is 11.2 Å². The van der Waals surface area contributed by atoms with Crippen LogP contribution in [-0.4, -0.2) is 0 Å². The lowest BCUT2D eigenvalue weighted by atomic mass is 9.64. The first-order valence-corrected chi connectivity index (χ1v) is 28.9. The molecule has 11 heteroatoms. The summed E-state index contributed by atoms with van der Waals surface area (Å²) in [5.74, 6) is 0. The van der Waals surface area contributed by atoms with E-state index >= 15 is 0 Å². The van der Waals surface area contributed by atoms with Crippen molar-refractivity contribution in [3.05, 3.63) is 306 Å². The fraction of sp³-hybridized carbons (Fsp3) is 0.0390. The van der Waals surface area contributed by atoms with E-state index < -0.39 is 28.9 Å². The van der Waals surface area contributed by atoms with E-state index in [4.69, 9.17) is 8.83 Å². The van der Waals surface area contributed by atoms with Crippen molar-refractivity contribution in [1.29, 1.82) is 0 Å². The van der Waals surface area contributed by atoms with Crippen LogP contribution in [0.4, 0.5) is 77.5 Å². The molecular weight excluding hydrogens is 1110 g/mol. The molecule has 1 aliphatic heterocycles. The smallest absolute Gasteiger partial charge is 0.416 e. The van der Waals surface area contributed by atoms with Gasteiger partial charge in [0.15, 0.2) is 11.2 Å². The van der Waals surface area contributed by atoms with Crippen LogP contribution < -0.4 is 14.7 Å². The zero-order valence-electron chi connectivity index (χ0n) is 46.4. The second-order valence-electron chi connectivity index (χ2n) is 22.4. The number of nitrogens with zero attached hydrogens (tertiary/aromatic N) is 3. The molecule has 0 unspecified atom stereocenters. The summed E-state index contributed by atoms with van der Waals surface area (Å²) >= 11 is 0. The highest BCUT2D eigenvalue weighted by Crippen LogP contribution is 2.67. The fourth-order valence-corrected chi connectivity index (χ4v) is 14.3. The van der Waals surface area contributed by atoms with Crippen LogP contribution in [0.25, 0.3) is 76.5 Å². The Morgan fingerprint density at radius 1 is 0.307 bits per heavy atom. The van der Waals surface area contributed by atoms with Gasteiger partial charge in [-0.2, -0.15) is 26.3 Å². The molecule has 0 fully saturated rings. The Bertz CT molecular complexity index is 5030. The van der Waals surface area contributed by atoms with Crippen LogP contribution in [0.3, 0.4) is 0 Å². The van der Waals surface area contributed by atoms with Crippen molar-refractivity contribution < 1.29 is 35.2 Å². The summed E-state index contributed by atoms with van der Waals surface area (Å²) in [5.41, 5.74) is 11.5. The van der Waals surface area contributed by atoms with Crippen molar-refractivity contribution >= 4 is 117 Å². The normalized spacial score (nSPS) is 13.4. The van der Waals surface area contributed by atoms with Crippen molar-refractivity contribution in [1.82, 2.24) is 0 Å². The fourth-order valence-electron chi connectivity index (χ4n) is 14.3. The van der Waals surface area contributed by atoms with Gasteiger partial charge >= 0.3 is 12.4 Å². The molecule has 15 aromatic rings. The van der Waals surface area contributed by atoms with Gasteiger partial charge in [-0.1, -0.05) is 164 Å². The lowest BCUT2D eigenvalue weighted by molar-refractivity contribution is -0.138. The van der Waals surface area contributed by atoms with Crippen LogP contribution >= 0.6 is 0 Å². The van der Waals surface area contributed by atoms with Gasteiger partial charge in [-0.3, -0.25) is 0 Å². The molecule has 0 saturated heterocycles. The summed E-state index contributed by atoms with van der Waals surface area (Å²) in [7, 11) is 0. The molecule has 0 N–H and O–H groups in total. The SMILES string of the molecule is FC(F)(F)c1ccc(N(c2cc3c(c4ccccc24)-c2c(cc(N(c4ccc(C(F)(F)F)cc4)c4cccc5c4oc4ccccc45)c4ccccc24)C32c3ccccc3N(c3ccccc3)c3ccccc32)c2cccc3c2oc2ccccc23)cc1. The molecule has 0 saturated carbocycles. The number of halogens is 6. The quantitative estimate of drug-likeness (QED) is 0.149. The predicted octanol–water partition coefficient (Wildman–Crippen LogP) is 22.9. The van der Waals surface area contributed by atoms with Crippen LogP contribution in [0.15, 0.2) is 282 Å². The minimum absolute atomic E-state index is 0.468. The number of para-hydroxylation sites is 7. The Hall–Kier alpha value is -11.0. The minimum atomic E-state index is -4.60. The first-order chi connectivity index (χ1) is 42.9. The summed E-state index contributed by atoms with van der Waals surface area (Å²) in [6.45, 7) is 0. The molecule has 0 amide bonds. The van der Waals surface area contributed by atoms with Gasteiger partial charge in [-0.25, -0.2) is 0 Å². The molecule has 2 aromatic heterocycles. The number of hydrogen-bond acceptors (Lipinski definition) is 5. The monoisotopic (exact) mass is 1160 g/mol. The van der Waals surface area contributed by atoms with E-state index in [2.05, 4.69) is 89.8 Å². The highest BCUT2D eigenvalue weighted by atomic mass is 19.4. The zero-order chi connectivity index (χ0) is 59.2. The lowest BCUT2D eigenvalue weighted by Crippen LogP contribution is -2.36. The third-order valence-corrected chi connectivity index (χ3v) is 17.9. The number of rotatable bonds is 7. The van der Waals surface area contributed by atoms with Crippen LogP contribution in [-0.2, 0) is 17.8 Å². The average Bonchev–Trinajstić information content (AvgIpc) is 1.45. The van der Waals surface area contributed by atoms with Gasteiger partial charge in [0.25, 0.3) is 0 Å². The number of benzene rings is 13. The van der Waals surface area contributed by atoms with Gasteiger partial charge < -0.3 is 23.5 Å². The van der Waals surface area contributed by atoms with Crippen LogP contribution in [0.2, 0.25) is 0 Å². The molecule has 0 radical (unpaired) electrons. The number of fused-ring (bicyclic) bond motifs is 19. The summed E-state index contributed by atoms with van der Waals surface area (Å²) in [5, 5.41) is 6.86. The Morgan fingerprint density at radius 2 is 0.670 bits per heavy atom. The molecule has 13 aromatic carbocycles. The molecular formula is C77H45F6N3O2. The highest BCUT2D eigenvalue weighted by molar-refractivity contribution is 6.21. The van der Waals surface area contributed by atoms with E-state index in [0.29, 0.717) is 56.5 Å². The van der Waals surface area contributed by atoms with Crippen molar-refractivity contribution in [3.63, 3.8) is 0 Å². The lowest BCUT2D eigenvalue weighted by Gasteiger charge is -2.45. The van der Waals surface area contributed by atoms with Crippen molar-refractivity contribution in [3.8, 4) is 11.1 Å². The van der Waals surface area contributed by atoms with Gasteiger partial charge in [0.2, 0.25) is 0 Å². The molecule has 17 rings (SSSR count). The summed E-state index contributed by atoms with van der Waals surface area (Å²) in [6.07, 6.45) is -9.20. The molecule has 5 nitrogen and oxygen atoms in total. The van der Waals surface area contributed by atoms with Crippen molar-refractivity contribution in [2.45, 2.75) is 17.8 Å². The minimum Gasteiger partial charge on any atom is -0.454 e. The number of furan rings is 2. The van der Waals surface area contributed by atoms with E-state index in [-0.39, 0.29) is 0 Å². The number of anilines is 9. The molecule has 422 valence electrons. The van der Waals surface area contributed by atoms with Crippen molar-refractivity contribution in [2.24, 2.45) is 0 Å². The number of hydrogen-bond donors (Lipinski definition) is 0. The van der Waals surface area contributed by atoms with E-state index in [1.54, 1.807) is 0 Å². The molecule has 1 aliphatic carbocycles. The maximum Gasteiger partial charge on any atom is 0.416 e. The van der Waals surface area contributed by atoms with E-state index in [9.17, 15) is 26.3 Å². The first kappa shape index (κ1) is 51.4. The average molecular weight is 1160 g/mol. The van der Waals surface area contributed by atoms with Gasteiger partial charge in [0.05, 0.1) is 50.7 Å². The van der Waals surface area contributed by atoms with Crippen LogP contribution in [0.1, 0.15) is 33.4 Å². The van der Waals surface area contributed by atoms with Crippen molar-refractivity contribution in [2.75, 3.05) is 14.7 Å². The zero-order valence-corrected chi connectivity index (χ0v) is 46.4. The first-order valence-electron chi connectivity index (χ1n) is 28.9. The molecule has 0 bridgehead atoms. The maximum atomic E-state index is 14.6. The predicted molar refractivity (Wildman–Crippen MR) is 341 cm³/mol.